The summed E-state index contributed by atoms with van der Waals surface area (Å²) in [6.45, 7) is 7.67. The van der Waals surface area contributed by atoms with Crippen LogP contribution in [0.3, 0.4) is 0 Å². The number of aliphatic hydroxyl groups is 1. The van der Waals surface area contributed by atoms with Gasteiger partial charge in [0.15, 0.2) is 0 Å². The lowest BCUT2D eigenvalue weighted by Gasteiger charge is -2.23. The normalized spacial score (nSPS) is 20.0. The molecule has 3 N–H and O–H groups in total. The average Bonchev–Trinajstić information content (AvgIpc) is 3.17. The van der Waals surface area contributed by atoms with E-state index in [9.17, 15) is 9.90 Å². The highest BCUT2D eigenvalue weighted by molar-refractivity contribution is 5.91. The number of carbonyl (C=O) groups is 1. The Hall–Kier alpha value is -4.04. The zero-order chi connectivity index (χ0) is 24.1. The van der Waals surface area contributed by atoms with E-state index in [1.54, 1.807) is 17.1 Å². The number of rotatable bonds is 4. The van der Waals surface area contributed by atoms with Gasteiger partial charge in [0.1, 0.15) is 17.3 Å². The molecular formula is C26H28N6O2. The lowest BCUT2D eigenvalue weighted by atomic mass is 10.0. The zero-order valence-corrected chi connectivity index (χ0v) is 19.3. The van der Waals surface area contributed by atoms with Crippen LogP contribution in [0.2, 0.25) is 0 Å². The lowest BCUT2D eigenvalue weighted by molar-refractivity contribution is 0.132. The predicted octanol–water partition coefficient (Wildman–Crippen LogP) is 4.26. The first-order valence-corrected chi connectivity index (χ1v) is 11.1. The number of aryl methyl sites for hydroxylation is 1. The summed E-state index contributed by atoms with van der Waals surface area (Å²) in [6.07, 6.45) is 11.1. The fourth-order valence-corrected chi connectivity index (χ4v) is 3.79. The third-order valence-corrected chi connectivity index (χ3v) is 5.63. The molecule has 34 heavy (non-hydrogen) atoms. The second kappa shape index (κ2) is 10.3. The van der Waals surface area contributed by atoms with Crippen LogP contribution in [0.25, 0.3) is 16.9 Å². The van der Waals surface area contributed by atoms with Gasteiger partial charge in [-0.1, -0.05) is 54.7 Å². The van der Waals surface area contributed by atoms with Crippen LogP contribution in [0.1, 0.15) is 24.2 Å². The molecule has 0 aliphatic heterocycles. The fraction of sp³-hybridized carbons (Fsp3) is 0.231. The Bertz CT molecular complexity index is 1230. The van der Waals surface area contributed by atoms with Crippen molar-refractivity contribution in [2.75, 3.05) is 5.32 Å². The van der Waals surface area contributed by atoms with Gasteiger partial charge in [-0.2, -0.15) is 5.10 Å². The minimum Gasteiger partial charge on any atom is -0.391 e. The molecule has 0 radical (unpaired) electrons. The predicted molar refractivity (Wildman–Crippen MR) is 133 cm³/mol. The van der Waals surface area contributed by atoms with Gasteiger partial charge in [0.2, 0.25) is 0 Å². The van der Waals surface area contributed by atoms with E-state index in [1.807, 2.05) is 68.5 Å². The molecule has 4 rings (SSSR count). The topological polar surface area (TPSA) is 105 Å². The molecule has 8 nitrogen and oxygen atoms in total. The Morgan fingerprint density at radius 3 is 2.62 bits per heavy atom. The molecule has 8 heteroatoms. The summed E-state index contributed by atoms with van der Waals surface area (Å²) in [5.74, 6) is 1.19. The van der Waals surface area contributed by atoms with Crippen molar-refractivity contribution in [2.45, 2.75) is 38.8 Å². The average molecular weight is 457 g/mol. The van der Waals surface area contributed by atoms with Gasteiger partial charge in [-0.3, -0.25) is 5.32 Å². The highest BCUT2D eigenvalue weighted by Crippen LogP contribution is 2.30. The first kappa shape index (κ1) is 23.1. The molecule has 0 bridgehead atoms. The monoisotopic (exact) mass is 456 g/mol. The number of hydrogen-bond donors (Lipinski definition) is 3. The van der Waals surface area contributed by atoms with Gasteiger partial charge >= 0.3 is 6.03 Å². The molecule has 2 amide bonds. The molecule has 0 saturated carbocycles. The van der Waals surface area contributed by atoms with E-state index in [1.165, 1.54) is 0 Å². The highest BCUT2D eigenvalue weighted by Gasteiger charge is 2.24. The molecule has 0 unspecified atom stereocenters. The number of allylic oxidation sites excluding steroid dienone is 3. The van der Waals surface area contributed by atoms with Gasteiger partial charge < -0.3 is 10.4 Å². The number of aliphatic hydroxyl groups excluding tert-OH is 1. The van der Waals surface area contributed by atoms with E-state index in [4.69, 9.17) is 5.10 Å². The van der Waals surface area contributed by atoms with Crippen LogP contribution >= 0.6 is 0 Å². The Labute approximate surface area is 198 Å². The number of anilines is 1. The largest absolute Gasteiger partial charge is 0.391 e. The van der Waals surface area contributed by atoms with Crippen molar-refractivity contribution in [1.82, 2.24) is 25.1 Å². The lowest BCUT2D eigenvalue weighted by Crippen LogP contribution is -2.45. The van der Waals surface area contributed by atoms with Gasteiger partial charge in [0, 0.05) is 23.5 Å². The Morgan fingerprint density at radius 1 is 1.15 bits per heavy atom. The maximum Gasteiger partial charge on any atom is 0.320 e. The van der Waals surface area contributed by atoms with Crippen molar-refractivity contribution >= 4 is 11.8 Å². The molecule has 3 aromatic rings. The summed E-state index contributed by atoms with van der Waals surface area (Å²) in [6, 6.07) is 8.67. The maximum absolute atomic E-state index is 13.1. The summed E-state index contributed by atoms with van der Waals surface area (Å²) >= 11 is 0. The van der Waals surface area contributed by atoms with Crippen molar-refractivity contribution in [3.05, 3.63) is 90.6 Å². The molecule has 2 atom stereocenters. The van der Waals surface area contributed by atoms with E-state index >= 15 is 0 Å². The molecular weight excluding hydrogens is 428 g/mol. The summed E-state index contributed by atoms with van der Waals surface area (Å²) in [5.41, 5.74) is 3.80. The summed E-state index contributed by atoms with van der Waals surface area (Å²) in [7, 11) is 0. The number of carbonyl (C=O) groups excluding carboxylic acids is 1. The van der Waals surface area contributed by atoms with Crippen LogP contribution in [0.4, 0.5) is 10.6 Å². The Balaban J connectivity index is 1.63. The molecule has 1 aliphatic carbocycles. The van der Waals surface area contributed by atoms with Gasteiger partial charge in [-0.05, 0) is 38.8 Å². The smallest absolute Gasteiger partial charge is 0.320 e. The van der Waals surface area contributed by atoms with Gasteiger partial charge in [-0.25, -0.2) is 19.4 Å². The van der Waals surface area contributed by atoms with Crippen molar-refractivity contribution in [3.63, 3.8) is 0 Å². The molecule has 0 saturated heterocycles. The van der Waals surface area contributed by atoms with E-state index < -0.39 is 18.2 Å². The first-order chi connectivity index (χ1) is 16.4. The van der Waals surface area contributed by atoms with Crippen molar-refractivity contribution in [2.24, 2.45) is 0 Å². The van der Waals surface area contributed by atoms with Crippen LogP contribution in [-0.4, -0.2) is 43.0 Å². The van der Waals surface area contributed by atoms with Gasteiger partial charge in [0.05, 0.1) is 17.8 Å². The second-order valence-corrected chi connectivity index (χ2v) is 8.25. The second-order valence-electron chi connectivity index (χ2n) is 8.25. The van der Waals surface area contributed by atoms with E-state index in [-0.39, 0.29) is 0 Å². The molecule has 2 aromatic heterocycles. The standard InChI is InChI=1S/C26H28N6O2/c1-17-10-6-4-9-13-22(23(33)14-17)29-26(34)30-25-18(2)24(20-15-27-19(3)28-16-20)31-32(25)21-11-7-5-8-12-21/h4-12,15-16,22-23,33H,1,13-14H2,2-3H3,(H2,29,30,34)/b9-4-,10-6-/t22-,23-/m1/s1. The van der Waals surface area contributed by atoms with Crippen molar-refractivity contribution in [3.8, 4) is 16.9 Å². The van der Waals surface area contributed by atoms with E-state index in [0.717, 1.165) is 22.4 Å². The van der Waals surface area contributed by atoms with Crippen LogP contribution in [-0.2, 0) is 0 Å². The van der Waals surface area contributed by atoms with Crippen LogP contribution in [0, 0.1) is 13.8 Å². The molecule has 0 fully saturated rings. The summed E-state index contributed by atoms with van der Waals surface area (Å²) < 4.78 is 1.69. The molecule has 1 aliphatic rings. The minimum absolute atomic E-state index is 0.377. The number of benzene rings is 1. The first-order valence-electron chi connectivity index (χ1n) is 11.1. The van der Waals surface area contributed by atoms with E-state index in [2.05, 4.69) is 27.2 Å². The molecule has 1 aromatic carbocycles. The number of urea groups is 1. The fourth-order valence-electron chi connectivity index (χ4n) is 3.79. The summed E-state index contributed by atoms with van der Waals surface area (Å²) in [5, 5.41) is 21.3. The van der Waals surface area contributed by atoms with Gasteiger partial charge in [-0.15, -0.1) is 0 Å². The SMILES string of the molecule is C=C1/C=C\C=C/C[C@@H](NC(=O)Nc2c(C)c(-c3cnc(C)nc3)nn2-c2ccccc2)[C@H](O)C1. The maximum atomic E-state index is 13.1. The quantitative estimate of drug-likeness (QED) is 0.544. The number of para-hydroxylation sites is 1. The molecule has 174 valence electrons. The molecule has 2 heterocycles. The van der Waals surface area contributed by atoms with Gasteiger partial charge in [0.25, 0.3) is 0 Å². The number of aromatic nitrogens is 4. The van der Waals surface area contributed by atoms with E-state index in [0.29, 0.717) is 30.2 Å². The number of nitrogens with zero attached hydrogens (tertiary/aromatic N) is 4. The van der Waals surface area contributed by atoms with Crippen LogP contribution in [0.15, 0.2) is 79.2 Å². The van der Waals surface area contributed by atoms with Crippen molar-refractivity contribution < 1.29 is 9.90 Å². The third-order valence-electron chi connectivity index (χ3n) is 5.63. The molecule has 0 spiro atoms. The zero-order valence-electron chi connectivity index (χ0n) is 19.3. The minimum atomic E-state index is -0.758. The van der Waals surface area contributed by atoms with Crippen LogP contribution in [0.5, 0.6) is 0 Å². The number of nitrogens with one attached hydrogen (secondary N) is 2. The Morgan fingerprint density at radius 2 is 1.88 bits per heavy atom. The Kier molecular flexibility index (Phi) is 6.98. The number of amides is 2. The summed E-state index contributed by atoms with van der Waals surface area (Å²) in [4.78, 5) is 21.6. The highest BCUT2D eigenvalue weighted by atomic mass is 16.3. The van der Waals surface area contributed by atoms with Crippen LogP contribution < -0.4 is 10.6 Å². The third kappa shape index (κ3) is 5.29. The van der Waals surface area contributed by atoms with Crippen molar-refractivity contribution in [1.29, 1.82) is 0 Å². The number of hydrogen-bond acceptors (Lipinski definition) is 5.